The molecule has 1 unspecified atom stereocenters. The van der Waals surface area contributed by atoms with Crippen molar-refractivity contribution in [2.24, 2.45) is 5.73 Å². The van der Waals surface area contributed by atoms with Crippen molar-refractivity contribution >= 4 is 0 Å². The Hall–Kier alpha value is -0.370. The van der Waals surface area contributed by atoms with Gasteiger partial charge in [-0.2, -0.15) is 13.2 Å². The maximum Gasteiger partial charge on any atom is 0.405 e. The Balaban J connectivity index is 4.40. The molecule has 1 atom stereocenters. The van der Waals surface area contributed by atoms with Crippen LogP contribution >= 0.6 is 0 Å². The first-order chi connectivity index (χ1) is 6.97. The average Bonchev–Trinajstić information content (AvgIpc) is 2.13. The highest BCUT2D eigenvalue weighted by atomic mass is 19.4. The van der Waals surface area contributed by atoms with Crippen molar-refractivity contribution in [2.45, 2.75) is 12.2 Å². The molecule has 0 saturated carbocycles. The Morgan fingerprint density at radius 3 is 2.33 bits per heavy atom. The molecule has 0 heterocycles. The van der Waals surface area contributed by atoms with Crippen molar-refractivity contribution in [2.75, 3.05) is 40.0 Å². The van der Waals surface area contributed by atoms with Crippen LogP contribution in [0.25, 0.3) is 0 Å². The number of aliphatic hydroxyl groups excluding tert-OH is 1. The highest BCUT2D eigenvalue weighted by Gasteiger charge is 2.42. The summed E-state index contributed by atoms with van der Waals surface area (Å²) < 4.78 is 42.1. The number of ether oxygens (including phenoxy) is 1. The summed E-state index contributed by atoms with van der Waals surface area (Å²) in [6.45, 7) is -0.654. The van der Waals surface area contributed by atoms with Crippen molar-refractivity contribution in [1.82, 2.24) is 4.90 Å². The van der Waals surface area contributed by atoms with Gasteiger partial charge in [0, 0.05) is 26.7 Å². The van der Waals surface area contributed by atoms with Crippen LogP contribution in [-0.4, -0.2) is 62.2 Å². The van der Waals surface area contributed by atoms with Gasteiger partial charge >= 0.3 is 6.18 Å². The number of rotatable bonds is 7. The fraction of sp³-hybridized carbons (Fsp3) is 1.00. The smallest absolute Gasteiger partial charge is 0.395 e. The van der Waals surface area contributed by atoms with Crippen molar-refractivity contribution in [3.8, 4) is 0 Å². The van der Waals surface area contributed by atoms with Crippen LogP contribution in [0.4, 0.5) is 13.2 Å². The van der Waals surface area contributed by atoms with Crippen LogP contribution in [0.15, 0.2) is 0 Å². The van der Waals surface area contributed by atoms with Crippen LogP contribution in [0.2, 0.25) is 0 Å². The molecule has 3 N–H and O–H groups in total. The molecule has 0 aliphatic carbocycles. The zero-order valence-corrected chi connectivity index (χ0v) is 8.63. The molecule has 0 rings (SSSR count). The maximum atomic E-state index is 12.5. The highest BCUT2D eigenvalue weighted by molar-refractivity contribution is 4.79. The van der Waals surface area contributed by atoms with E-state index in [1.54, 1.807) is 0 Å². The highest BCUT2D eigenvalue weighted by Crippen LogP contribution is 2.23. The quantitative estimate of drug-likeness (QED) is 0.637. The number of hydrogen-bond donors (Lipinski definition) is 2. The Bertz CT molecular complexity index is 166. The molecule has 4 nitrogen and oxygen atoms in total. The summed E-state index contributed by atoms with van der Waals surface area (Å²) in [6.07, 6.45) is -4.38. The lowest BCUT2D eigenvalue weighted by Gasteiger charge is -2.31. The number of nitrogens with two attached hydrogens (primary N) is 1. The molecule has 7 heteroatoms. The minimum absolute atomic E-state index is 0.0647. The molecule has 0 saturated heterocycles. The first-order valence-corrected chi connectivity index (χ1v) is 4.58. The standard InChI is InChI=1S/C8H17F3N2O2/c1-15-5-3-13(2-4-14)7(6-12)8(9,10)11/h7,14H,2-6,12H2,1H3. The first kappa shape index (κ1) is 14.6. The van der Waals surface area contributed by atoms with Crippen LogP contribution in [-0.2, 0) is 4.74 Å². The molecule has 0 aromatic carbocycles. The Labute approximate surface area is 86.8 Å². The van der Waals surface area contributed by atoms with Gasteiger partial charge in [-0.1, -0.05) is 0 Å². The third kappa shape index (κ3) is 5.31. The normalized spacial score (nSPS) is 14.6. The van der Waals surface area contributed by atoms with Gasteiger partial charge in [-0.25, -0.2) is 0 Å². The van der Waals surface area contributed by atoms with Crippen LogP contribution < -0.4 is 5.73 Å². The molecule has 0 aliphatic rings. The second kappa shape index (κ2) is 7.00. The van der Waals surface area contributed by atoms with Crippen molar-refractivity contribution < 1.29 is 23.0 Å². The number of alkyl halides is 3. The van der Waals surface area contributed by atoms with E-state index in [1.165, 1.54) is 7.11 Å². The molecule has 0 bridgehead atoms. The molecule has 0 spiro atoms. The second-order valence-electron chi connectivity index (χ2n) is 3.05. The third-order valence-corrected chi connectivity index (χ3v) is 2.01. The second-order valence-corrected chi connectivity index (χ2v) is 3.05. The first-order valence-electron chi connectivity index (χ1n) is 4.58. The zero-order valence-electron chi connectivity index (χ0n) is 8.63. The van der Waals surface area contributed by atoms with Crippen molar-refractivity contribution in [1.29, 1.82) is 0 Å². The van der Waals surface area contributed by atoms with E-state index in [-0.39, 0.29) is 26.3 Å². The van der Waals surface area contributed by atoms with Crippen LogP contribution in [0, 0.1) is 0 Å². The molecule has 0 aromatic heterocycles. The summed E-state index contributed by atoms with van der Waals surface area (Å²) in [5.41, 5.74) is 5.08. The monoisotopic (exact) mass is 230 g/mol. The molecule has 0 radical (unpaired) electrons. The topological polar surface area (TPSA) is 58.7 Å². The van der Waals surface area contributed by atoms with Gasteiger partial charge in [0.15, 0.2) is 0 Å². The van der Waals surface area contributed by atoms with Gasteiger partial charge in [-0.15, -0.1) is 0 Å². The summed E-state index contributed by atoms with van der Waals surface area (Å²) >= 11 is 0. The predicted molar refractivity (Wildman–Crippen MR) is 49.4 cm³/mol. The maximum absolute atomic E-state index is 12.5. The fourth-order valence-corrected chi connectivity index (χ4v) is 1.25. The lowest BCUT2D eigenvalue weighted by Crippen LogP contribution is -2.52. The zero-order chi connectivity index (χ0) is 11.9. The Morgan fingerprint density at radius 2 is 2.00 bits per heavy atom. The Kier molecular flexibility index (Phi) is 6.82. The fourth-order valence-electron chi connectivity index (χ4n) is 1.25. The summed E-state index contributed by atoms with van der Waals surface area (Å²) in [5, 5.41) is 8.66. The molecule has 0 aliphatic heterocycles. The van der Waals surface area contributed by atoms with Crippen LogP contribution in [0.1, 0.15) is 0 Å². The minimum atomic E-state index is -4.38. The molecule has 0 amide bonds. The van der Waals surface area contributed by atoms with Crippen molar-refractivity contribution in [3.63, 3.8) is 0 Å². The number of nitrogens with zero attached hydrogens (tertiary/aromatic N) is 1. The SMILES string of the molecule is COCCN(CCO)C(CN)C(F)(F)F. The van der Waals surface area contributed by atoms with E-state index in [0.717, 1.165) is 4.90 Å². The minimum Gasteiger partial charge on any atom is -0.395 e. The van der Waals surface area contributed by atoms with Crippen LogP contribution in [0.3, 0.4) is 0 Å². The lowest BCUT2D eigenvalue weighted by atomic mass is 10.2. The summed E-state index contributed by atoms with van der Waals surface area (Å²) in [5.74, 6) is 0. The predicted octanol–water partition coefficient (Wildman–Crippen LogP) is -0.183. The average molecular weight is 230 g/mol. The van der Waals surface area contributed by atoms with E-state index < -0.39 is 18.8 Å². The Morgan fingerprint density at radius 1 is 1.40 bits per heavy atom. The largest absolute Gasteiger partial charge is 0.405 e. The van der Waals surface area contributed by atoms with E-state index >= 15 is 0 Å². The van der Waals surface area contributed by atoms with E-state index in [4.69, 9.17) is 15.6 Å². The third-order valence-electron chi connectivity index (χ3n) is 2.01. The molecule has 15 heavy (non-hydrogen) atoms. The molecular weight excluding hydrogens is 213 g/mol. The lowest BCUT2D eigenvalue weighted by molar-refractivity contribution is -0.183. The van der Waals surface area contributed by atoms with Gasteiger partial charge in [-0.05, 0) is 0 Å². The summed E-state index contributed by atoms with van der Waals surface area (Å²) in [6, 6.07) is -1.72. The summed E-state index contributed by atoms with van der Waals surface area (Å²) in [4.78, 5) is 1.07. The van der Waals surface area contributed by atoms with Gasteiger partial charge in [0.05, 0.1) is 13.2 Å². The van der Waals surface area contributed by atoms with Gasteiger partial charge in [0.1, 0.15) is 6.04 Å². The van der Waals surface area contributed by atoms with Gasteiger partial charge < -0.3 is 15.6 Å². The van der Waals surface area contributed by atoms with E-state index in [9.17, 15) is 13.2 Å². The summed E-state index contributed by atoms with van der Waals surface area (Å²) in [7, 11) is 1.40. The number of methoxy groups -OCH3 is 1. The van der Waals surface area contributed by atoms with Gasteiger partial charge in [0.2, 0.25) is 0 Å². The molecule has 0 fully saturated rings. The number of hydrogen-bond acceptors (Lipinski definition) is 4. The van der Waals surface area contributed by atoms with Crippen molar-refractivity contribution in [3.05, 3.63) is 0 Å². The number of halogens is 3. The van der Waals surface area contributed by atoms with Gasteiger partial charge in [0.25, 0.3) is 0 Å². The molecular formula is C8H17F3N2O2. The number of aliphatic hydroxyl groups is 1. The van der Waals surface area contributed by atoms with E-state index in [1.807, 2.05) is 0 Å². The van der Waals surface area contributed by atoms with Crippen LogP contribution in [0.5, 0.6) is 0 Å². The van der Waals surface area contributed by atoms with E-state index in [0.29, 0.717) is 0 Å². The van der Waals surface area contributed by atoms with Gasteiger partial charge in [-0.3, -0.25) is 4.90 Å². The molecule has 0 aromatic rings. The molecule has 92 valence electrons. The van der Waals surface area contributed by atoms with E-state index in [2.05, 4.69) is 0 Å².